The number of benzene rings is 2. The zero-order valence-electron chi connectivity index (χ0n) is 17.1. The van der Waals surface area contributed by atoms with Crippen molar-refractivity contribution in [1.82, 2.24) is 10.6 Å². The largest absolute Gasteiger partial charge is 0.508 e. The molecule has 168 valence electrons. The summed E-state index contributed by atoms with van der Waals surface area (Å²) in [6.07, 6.45) is 0.751. The van der Waals surface area contributed by atoms with Gasteiger partial charge in [0.15, 0.2) is 5.96 Å². The molecule has 31 heavy (non-hydrogen) atoms. The van der Waals surface area contributed by atoms with E-state index in [9.17, 15) is 18.7 Å². The summed E-state index contributed by atoms with van der Waals surface area (Å²) < 4.78 is 27.2. The van der Waals surface area contributed by atoms with Gasteiger partial charge in [0, 0.05) is 37.4 Å². The van der Waals surface area contributed by atoms with Gasteiger partial charge in [0.05, 0.1) is 5.69 Å². The second-order valence-corrected chi connectivity index (χ2v) is 6.96. The summed E-state index contributed by atoms with van der Waals surface area (Å²) in [6.45, 7) is 3.61. The second kappa shape index (κ2) is 11.7. The fourth-order valence-electron chi connectivity index (χ4n) is 3.24. The van der Waals surface area contributed by atoms with Crippen molar-refractivity contribution >= 4 is 47.2 Å². The highest BCUT2D eigenvalue weighted by Gasteiger charge is 2.25. The number of halogens is 3. The van der Waals surface area contributed by atoms with Crippen molar-refractivity contribution in [2.75, 3.05) is 36.4 Å². The molecule has 0 saturated carbocycles. The SMILES string of the molecule is CCNC(=NCC(=O)Nc1ccc(O)cc1)NC1CCN(c2ccc(F)cc2F)C1.I. The molecular formula is C21H26F2IN5O2. The van der Waals surface area contributed by atoms with E-state index in [0.29, 0.717) is 37.0 Å². The maximum atomic E-state index is 14.0. The molecule has 0 spiro atoms. The van der Waals surface area contributed by atoms with Crippen LogP contribution >= 0.6 is 24.0 Å². The Labute approximate surface area is 197 Å². The zero-order valence-corrected chi connectivity index (χ0v) is 19.4. The number of aromatic hydroxyl groups is 1. The molecule has 0 bridgehead atoms. The number of nitrogens with zero attached hydrogens (tertiary/aromatic N) is 2. The lowest BCUT2D eigenvalue weighted by Gasteiger charge is -2.21. The summed E-state index contributed by atoms with van der Waals surface area (Å²) in [4.78, 5) is 18.3. The first-order valence-electron chi connectivity index (χ1n) is 9.78. The van der Waals surface area contributed by atoms with Crippen LogP contribution in [0.4, 0.5) is 20.2 Å². The summed E-state index contributed by atoms with van der Waals surface area (Å²) >= 11 is 0. The number of nitrogens with one attached hydrogen (secondary N) is 3. The zero-order chi connectivity index (χ0) is 21.5. The molecule has 1 fully saturated rings. The monoisotopic (exact) mass is 545 g/mol. The third kappa shape index (κ3) is 7.23. The Bertz CT molecular complexity index is 911. The van der Waals surface area contributed by atoms with E-state index in [-0.39, 0.29) is 48.2 Å². The van der Waals surface area contributed by atoms with E-state index in [4.69, 9.17) is 0 Å². The van der Waals surface area contributed by atoms with Crippen LogP contribution in [0.3, 0.4) is 0 Å². The molecule has 0 aliphatic carbocycles. The van der Waals surface area contributed by atoms with Crippen LogP contribution in [-0.4, -0.2) is 49.2 Å². The topological polar surface area (TPSA) is 89.0 Å². The van der Waals surface area contributed by atoms with Crippen molar-refractivity contribution in [3.8, 4) is 5.75 Å². The highest BCUT2D eigenvalue weighted by Crippen LogP contribution is 2.24. The second-order valence-electron chi connectivity index (χ2n) is 6.96. The third-order valence-electron chi connectivity index (χ3n) is 4.66. The molecule has 0 aromatic heterocycles. The molecule has 1 amide bonds. The molecular weight excluding hydrogens is 519 g/mol. The Hall–Kier alpha value is -2.63. The molecule has 2 aromatic carbocycles. The van der Waals surface area contributed by atoms with E-state index in [1.807, 2.05) is 11.8 Å². The van der Waals surface area contributed by atoms with Gasteiger partial charge in [0.2, 0.25) is 5.91 Å². The normalized spacial score (nSPS) is 15.9. The van der Waals surface area contributed by atoms with Crippen LogP contribution in [0, 0.1) is 11.6 Å². The van der Waals surface area contributed by atoms with Gasteiger partial charge in [-0.15, -0.1) is 24.0 Å². The lowest BCUT2D eigenvalue weighted by atomic mass is 10.2. The van der Waals surface area contributed by atoms with Gasteiger partial charge < -0.3 is 26.0 Å². The molecule has 1 atom stereocenters. The molecule has 10 heteroatoms. The Morgan fingerprint density at radius 3 is 2.65 bits per heavy atom. The number of guanidine groups is 1. The molecule has 3 rings (SSSR count). The minimum Gasteiger partial charge on any atom is -0.508 e. The van der Waals surface area contributed by atoms with Crippen molar-refractivity contribution < 1.29 is 18.7 Å². The molecule has 4 N–H and O–H groups in total. The summed E-state index contributed by atoms with van der Waals surface area (Å²) in [5.41, 5.74) is 0.939. The van der Waals surface area contributed by atoms with Crippen LogP contribution in [0.2, 0.25) is 0 Å². The van der Waals surface area contributed by atoms with Crippen LogP contribution in [0.1, 0.15) is 13.3 Å². The van der Waals surface area contributed by atoms with E-state index >= 15 is 0 Å². The van der Waals surface area contributed by atoms with Crippen LogP contribution in [-0.2, 0) is 4.79 Å². The number of phenols is 1. The first-order chi connectivity index (χ1) is 14.4. The fourth-order valence-corrected chi connectivity index (χ4v) is 3.24. The van der Waals surface area contributed by atoms with Gasteiger partial charge in [0.25, 0.3) is 0 Å². The minimum absolute atomic E-state index is 0. The van der Waals surface area contributed by atoms with E-state index in [2.05, 4.69) is 20.9 Å². The van der Waals surface area contributed by atoms with Crippen LogP contribution in [0.5, 0.6) is 5.75 Å². The van der Waals surface area contributed by atoms with Crippen LogP contribution < -0.4 is 20.9 Å². The number of carbonyl (C=O) groups excluding carboxylic acids is 1. The van der Waals surface area contributed by atoms with Crippen molar-refractivity contribution in [1.29, 1.82) is 0 Å². The Morgan fingerprint density at radius 2 is 1.97 bits per heavy atom. The summed E-state index contributed by atoms with van der Waals surface area (Å²) in [5.74, 6) is -0.862. The van der Waals surface area contributed by atoms with Crippen molar-refractivity contribution in [3.05, 3.63) is 54.1 Å². The Kier molecular flexibility index (Phi) is 9.28. The quantitative estimate of drug-likeness (QED) is 0.194. The molecule has 1 heterocycles. The van der Waals surface area contributed by atoms with E-state index in [1.165, 1.54) is 24.3 Å². The molecule has 1 aliphatic rings. The minimum atomic E-state index is -0.600. The lowest BCUT2D eigenvalue weighted by molar-refractivity contribution is -0.114. The molecule has 1 aliphatic heterocycles. The molecule has 0 radical (unpaired) electrons. The summed E-state index contributed by atoms with van der Waals surface area (Å²) in [7, 11) is 0. The van der Waals surface area contributed by atoms with Gasteiger partial charge in [-0.3, -0.25) is 4.79 Å². The van der Waals surface area contributed by atoms with Gasteiger partial charge in [-0.05, 0) is 49.7 Å². The predicted molar refractivity (Wildman–Crippen MR) is 128 cm³/mol. The number of amides is 1. The number of hydrogen-bond donors (Lipinski definition) is 4. The Morgan fingerprint density at radius 1 is 1.23 bits per heavy atom. The van der Waals surface area contributed by atoms with E-state index in [0.717, 1.165) is 12.5 Å². The number of phenolic OH excluding ortho intramolecular Hbond substituents is 1. The predicted octanol–water partition coefficient (Wildman–Crippen LogP) is 3.06. The van der Waals surface area contributed by atoms with Gasteiger partial charge >= 0.3 is 0 Å². The van der Waals surface area contributed by atoms with Gasteiger partial charge in [-0.1, -0.05) is 0 Å². The van der Waals surface area contributed by atoms with E-state index < -0.39 is 11.6 Å². The number of carbonyl (C=O) groups is 1. The fraction of sp³-hybridized carbons (Fsp3) is 0.333. The smallest absolute Gasteiger partial charge is 0.246 e. The average molecular weight is 545 g/mol. The third-order valence-corrected chi connectivity index (χ3v) is 4.66. The number of rotatable bonds is 6. The summed E-state index contributed by atoms with van der Waals surface area (Å²) in [6, 6.07) is 9.75. The van der Waals surface area contributed by atoms with Crippen LogP contribution in [0.15, 0.2) is 47.5 Å². The van der Waals surface area contributed by atoms with E-state index in [1.54, 1.807) is 12.1 Å². The number of hydrogen-bond acceptors (Lipinski definition) is 4. The Balaban J connectivity index is 0.00000341. The highest BCUT2D eigenvalue weighted by molar-refractivity contribution is 14.0. The standard InChI is InChI=1S/C21H25F2N5O2.HI/c1-2-24-21(25-12-20(30)26-15-4-6-17(29)7-5-15)27-16-9-10-28(13-16)19-8-3-14(22)11-18(19)23;/h3-8,11,16,29H,2,9-10,12-13H2,1H3,(H,26,30)(H2,24,25,27);1H. The molecule has 1 saturated heterocycles. The van der Waals surface area contributed by atoms with Gasteiger partial charge in [-0.2, -0.15) is 0 Å². The molecule has 2 aromatic rings. The highest BCUT2D eigenvalue weighted by atomic mass is 127. The van der Waals surface area contributed by atoms with Crippen molar-refractivity contribution in [2.45, 2.75) is 19.4 Å². The van der Waals surface area contributed by atoms with Gasteiger partial charge in [-0.25, -0.2) is 13.8 Å². The van der Waals surface area contributed by atoms with Gasteiger partial charge in [0.1, 0.15) is 23.9 Å². The van der Waals surface area contributed by atoms with Crippen molar-refractivity contribution in [3.63, 3.8) is 0 Å². The maximum Gasteiger partial charge on any atom is 0.246 e. The number of aliphatic imine (C=N–C) groups is 1. The lowest BCUT2D eigenvalue weighted by Crippen LogP contribution is -2.45. The maximum absolute atomic E-state index is 14.0. The number of anilines is 2. The first-order valence-corrected chi connectivity index (χ1v) is 9.78. The summed E-state index contributed by atoms with van der Waals surface area (Å²) in [5, 5.41) is 18.3. The first kappa shape index (κ1) is 24.6. The van der Waals surface area contributed by atoms with Crippen LogP contribution in [0.25, 0.3) is 0 Å². The molecule has 1 unspecified atom stereocenters. The average Bonchev–Trinajstić information content (AvgIpc) is 3.16. The molecule has 7 nitrogen and oxygen atoms in total. The van der Waals surface area contributed by atoms with Crippen molar-refractivity contribution in [2.24, 2.45) is 4.99 Å².